The topological polar surface area (TPSA) is 46.5 Å². The van der Waals surface area contributed by atoms with Crippen LogP contribution in [0.2, 0.25) is 0 Å². The second kappa shape index (κ2) is 6.07. The normalized spacial score (nSPS) is 12.2. The van der Waals surface area contributed by atoms with Gasteiger partial charge in [0.1, 0.15) is 0 Å². The third-order valence-corrected chi connectivity index (χ3v) is 2.57. The lowest BCUT2D eigenvalue weighted by Crippen LogP contribution is -2.10. The molecule has 0 saturated carbocycles. The minimum absolute atomic E-state index is 0.00787. The molecule has 0 bridgehead atoms. The van der Waals surface area contributed by atoms with Crippen LogP contribution in [-0.2, 0) is 9.53 Å². The van der Waals surface area contributed by atoms with Crippen LogP contribution in [0.1, 0.15) is 25.0 Å². The molecule has 0 fully saturated rings. The number of carbonyl (C=O) groups excluding carboxylic acids is 1. The van der Waals surface area contributed by atoms with E-state index >= 15 is 0 Å². The van der Waals surface area contributed by atoms with Gasteiger partial charge in [0.15, 0.2) is 0 Å². The molecule has 15 heavy (non-hydrogen) atoms. The number of carbonyl (C=O) groups is 1. The molecule has 1 atom stereocenters. The van der Waals surface area contributed by atoms with Gasteiger partial charge in [0.05, 0.1) is 19.1 Å². The van der Waals surface area contributed by atoms with Crippen LogP contribution >= 0.6 is 22.6 Å². The number of benzene rings is 1. The van der Waals surface area contributed by atoms with Gasteiger partial charge in [-0.1, -0.05) is 12.1 Å². The van der Waals surface area contributed by atoms with Crippen LogP contribution in [-0.4, -0.2) is 17.7 Å². The number of halogens is 1. The maximum atomic E-state index is 11.1. The Morgan fingerprint density at radius 2 is 2.33 bits per heavy atom. The Morgan fingerprint density at radius 3 is 2.93 bits per heavy atom. The first kappa shape index (κ1) is 12.4. The standard InChI is InChI=1S/C11H13IO3/c1-2-15-11(14)7-10(13)8-4-3-5-9(12)6-8/h3-6,10,13H,2,7H2,1H3. The zero-order chi connectivity index (χ0) is 11.3. The van der Waals surface area contributed by atoms with Crippen LogP contribution in [0.4, 0.5) is 0 Å². The van der Waals surface area contributed by atoms with E-state index in [1.807, 2.05) is 18.2 Å². The van der Waals surface area contributed by atoms with E-state index in [0.717, 1.165) is 9.13 Å². The number of aliphatic hydroxyl groups is 1. The third kappa shape index (κ3) is 4.17. The highest BCUT2D eigenvalue weighted by Gasteiger charge is 2.13. The van der Waals surface area contributed by atoms with Crippen LogP contribution in [0.15, 0.2) is 24.3 Å². The molecular weight excluding hydrogens is 307 g/mol. The van der Waals surface area contributed by atoms with Gasteiger partial charge in [-0.25, -0.2) is 0 Å². The lowest BCUT2D eigenvalue weighted by Gasteiger charge is -2.10. The van der Waals surface area contributed by atoms with Crippen molar-refractivity contribution in [3.05, 3.63) is 33.4 Å². The Morgan fingerprint density at radius 1 is 1.60 bits per heavy atom. The second-order valence-corrected chi connectivity index (χ2v) is 4.33. The maximum Gasteiger partial charge on any atom is 0.308 e. The summed E-state index contributed by atoms with van der Waals surface area (Å²) in [7, 11) is 0. The fourth-order valence-corrected chi connectivity index (χ4v) is 1.78. The van der Waals surface area contributed by atoms with Crippen molar-refractivity contribution in [2.24, 2.45) is 0 Å². The predicted octanol–water partition coefficient (Wildman–Crippen LogP) is 2.28. The van der Waals surface area contributed by atoms with E-state index in [1.54, 1.807) is 13.0 Å². The highest BCUT2D eigenvalue weighted by molar-refractivity contribution is 14.1. The molecule has 0 saturated heterocycles. The van der Waals surface area contributed by atoms with E-state index < -0.39 is 6.10 Å². The van der Waals surface area contributed by atoms with Crippen molar-refractivity contribution in [2.45, 2.75) is 19.4 Å². The number of hydrogen-bond acceptors (Lipinski definition) is 3. The molecule has 0 amide bonds. The van der Waals surface area contributed by atoms with Gasteiger partial charge in [-0.15, -0.1) is 0 Å². The fourth-order valence-electron chi connectivity index (χ4n) is 1.21. The summed E-state index contributed by atoms with van der Waals surface area (Å²) in [6, 6.07) is 7.43. The molecule has 1 aromatic carbocycles. The third-order valence-electron chi connectivity index (χ3n) is 1.90. The fraction of sp³-hybridized carbons (Fsp3) is 0.364. The van der Waals surface area contributed by atoms with Gasteiger partial charge in [0.25, 0.3) is 0 Å². The summed E-state index contributed by atoms with van der Waals surface area (Å²) in [5.41, 5.74) is 0.745. The Bertz CT molecular complexity index is 338. The number of aliphatic hydroxyl groups excluding tert-OH is 1. The molecule has 1 N–H and O–H groups in total. The van der Waals surface area contributed by atoms with E-state index in [0.29, 0.717) is 6.61 Å². The smallest absolute Gasteiger partial charge is 0.308 e. The Balaban J connectivity index is 2.60. The molecule has 0 aliphatic heterocycles. The number of esters is 1. The van der Waals surface area contributed by atoms with Crippen LogP contribution in [0.25, 0.3) is 0 Å². The zero-order valence-corrected chi connectivity index (χ0v) is 10.6. The SMILES string of the molecule is CCOC(=O)CC(O)c1cccc(I)c1. The van der Waals surface area contributed by atoms with Crippen molar-refractivity contribution < 1.29 is 14.6 Å². The summed E-state index contributed by atoms with van der Waals surface area (Å²) in [4.78, 5) is 11.1. The lowest BCUT2D eigenvalue weighted by molar-refractivity contribution is -0.145. The van der Waals surface area contributed by atoms with Crippen LogP contribution in [0.5, 0.6) is 0 Å². The van der Waals surface area contributed by atoms with Crippen molar-refractivity contribution in [2.75, 3.05) is 6.61 Å². The predicted molar refractivity (Wildman–Crippen MR) is 65.4 cm³/mol. The summed E-state index contributed by atoms with van der Waals surface area (Å²) >= 11 is 2.16. The van der Waals surface area contributed by atoms with Crippen LogP contribution in [0.3, 0.4) is 0 Å². The van der Waals surface area contributed by atoms with Crippen LogP contribution < -0.4 is 0 Å². The van der Waals surface area contributed by atoms with E-state index in [9.17, 15) is 9.90 Å². The molecule has 0 spiro atoms. The van der Waals surface area contributed by atoms with Gasteiger partial charge in [-0.3, -0.25) is 4.79 Å². The van der Waals surface area contributed by atoms with Gasteiger partial charge in [-0.2, -0.15) is 0 Å². The van der Waals surface area contributed by atoms with E-state index in [4.69, 9.17) is 4.74 Å². The first-order valence-electron chi connectivity index (χ1n) is 4.72. The minimum Gasteiger partial charge on any atom is -0.466 e. The minimum atomic E-state index is -0.779. The largest absolute Gasteiger partial charge is 0.466 e. The van der Waals surface area contributed by atoms with Crippen molar-refractivity contribution in [3.8, 4) is 0 Å². The average molecular weight is 320 g/mol. The number of rotatable bonds is 4. The first-order valence-corrected chi connectivity index (χ1v) is 5.80. The van der Waals surface area contributed by atoms with Gasteiger partial charge in [-0.05, 0) is 47.2 Å². The van der Waals surface area contributed by atoms with E-state index in [2.05, 4.69) is 22.6 Å². The number of hydrogen-bond donors (Lipinski definition) is 1. The molecule has 1 unspecified atom stereocenters. The van der Waals surface area contributed by atoms with E-state index in [1.165, 1.54) is 0 Å². The molecule has 0 aliphatic carbocycles. The summed E-state index contributed by atoms with van der Waals surface area (Å²) in [5.74, 6) is -0.371. The van der Waals surface area contributed by atoms with Crippen molar-refractivity contribution >= 4 is 28.6 Å². The lowest BCUT2D eigenvalue weighted by atomic mass is 10.1. The summed E-state index contributed by atoms with van der Waals surface area (Å²) in [6.07, 6.45) is -0.771. The monoisotopic (exact) mass is 320 g/mol. The van der Waals surface area contributed by atoms with Gasteiger partial charge in [0, 0.05) is 3.57 Å². The average Bonchev–Trinajstić information content (AvgIpc) is 2.18. The first-order chi connectivity index (χ1) is 7.13. The van der Waals surface area contributed by atoms with Crippen molar-refractivity contribution in [1.29, 1.82) is 0 Å². The second-order valence-electron chi connectivity index (χ2n) is 3.08. The van der Waals surface area contributed by atoms with Gasteiger partial charge in [0.2, 0.25) is 0 Å². The maximum absolute atomic E-state index is 11.1. The van der Waals surface area contributed by atoms with Gasteiger partial charge < -0.3 is 9.84 Å². The number of ether oxygens (including phenoxy) is 1. The molecule has 0 radical (unpaired) electrons. The highest BCUT2D eigenvalue weighted by atomic mass is 127. The molecule has 0 aliphatic rings. The van der Waals surface area contributed by atoms with Crippen molar-refractivity contribution in [1.82, 2.24) is 0 Å². The zero-order valence-electron chi connectivity index (χ0n) is 8.44. The molecular formula is C11H13IO3. The molecule has 0 heterocycles. The molecule has 1 aromatic rings. The van der Waals surface area contributed by atoms with Crippen molar-refractivity contribution in [3.63, 3.8) is 0 Å². The Labute approximate surface area is 103 Å². The molecule has 4 heteroatoms. The molecule has 0 aromatic heterocycles. The highest BCUT2D eigenvalue weighted by Crippen LogP contribution is 2.19. The Hall–Kier alpha value is -0.620. The summed E-state index contributed by atoms with van der Waals surface area (Å²) < 4.78 is 5.80. The Kier molecular flexibility index (Phi) is 5.04. The summed E-state index contributed by atoms with van der Waals surface area (Å²) in [6.45, 7) is 2.09. The molecule has 1 rings (SSSR count). The van der Waals surface area contributed by atoms with Gasteiger partial charge >= 0.3 is 5.97 Å². The quantitative estimate of drug-likeness (QED) is 0.684. The summed E-state index contributed by atoms with van der Waals surface area (Å²) in [5, 5.41) is 9.74. The molecule has 82 valence electrons. The molecule has 3 nitrogen and oxygen atoms in total. The van der Waals surface area contributed by atoms with Crippen LogP contribution in [0, 0.1) is 3.57 Å². The van der Waals surface area contributed by atoms with E-state index in [-0.39, 0.29) is 12.4 Å².